The Labute approximate surface area is 257 Å². The van der Waals surface area contributed by atoms with Crippen molar-refractivity contribution in [1.29, 1.82) is 0 Å². The van der Waals surface area contributed by atoms with Crippen LogP contribution in [0.15, 0.2) is 63.8 Å². The van der Waals surface area contributed by atoms with Gasteiger partial charge in [-0.15, -0.1) is 5.10 Å². The summed E-state index contributed by atoms with van der Waals surface area (Å²) in [4.78, 5) is 26.1. The summed E-state index contributed by atoms with van der Waals surface area (Å²) < 4.78 is 17.8. The number of hydrogen-bond acceptors (Lipinski definition) is 6. The van der Waals surface area contributed by atoms with E-state index in [4.69, 9.17) is 37.1 Å². The van der Waals surface area contributed by atoms with Crippen LogP contribution in [0.3, 0.4) is 0 Å². The Kier molecular flexibility index (Phi) is 11.1. The summed E-state index contributed by atoms with van der Waals surface area (Å²) in [6, 6.07) is 17.0. The van der Waals surface area contributed by atoms with Crippen molar-refractivity contribution in [3.05, 3.63) is 81.1 Å². The summed E-state index contributed by atoms with van der Waals surface area (Å²) in [7, 11) is 0. The molecule has 0 N–H and O–H groups in total. The molecule has 1 unspecified atom stereocenters. The first-order valence-electron chi connectivity index (χ1n) is 14.0. The molecule has 0 aliphatic carbocycles. The van der Waals surface area contributed by atoms with Crippen LogP contribution in [-0.2, 0) is 10.2 Å². The number of likely N-dealkylation sites (N-methyl/N-ethyl adjacent to an activating group) is 1. The summed E-state index contributed by atoms with van der Waals surface area (Å²) in [5.74, 6) is 0.946. The van der Waals surface area contributed by atoms with Gasteiger partial charge < -0.3 is 18.8 Å². The Morgan fingerprint density at radius 3 is 2.19 bits per heavy atom. The Bertz CT molecular complexity index is 1560. The molecular formula is C32H39Cl2N3O5. The van der Waals surface area contributed by atoms with Gasteiger partial charge in [0.05, 0.1) is 21.8 Å². The van der Waals surface area contributed by atoms with Crippen LogP contribution in [0.2, 0.25) is 10.0 Å². The molecule has 1 amide bonds. The van der Waals surface area contributed by atoms with E-state index >= 15 is 0 Å². The number of aromatic nitrogens is 2. The number of amides is 1. The Morgan fingerprint density at radius 2 is 1.60 bits per heavy atom. The van der Waals surface area contributed by atoms with Crippen LogP contribution < -0.4 is 15.2 Å². The third-order valence-corrected chi connectivity index (χ3v) is 6.86. The maximum Gasteiger partial charge on any atom is 0.442 e. The number of benzene rings is 3. The molecule has 0 spiro atoms. The number of carbonyl (C=O) groups is 1. The number of ether oxygens (including phenoxy) is 2. The molecule has 0 saturated heterocycles. The highest BCUT2D eigenvalue weighted by molar-refractivity contribution is 6.36. The average Bonchev–Trinajstić information content (AvgIpc) is 3.33. The van der Waals surface area contributed by atoms with Crippen LogP contribution in [0, 0.1) is 0 Å². The third kappa shape index (κ3) is 8.07. The van der Waals surface area contributed by atoms with Crippen molar-refractivity contribution in [3.8, 4) is 17.2 Å². The Hall–Kier alpha value is -3.49. The van der Waals surface area contributed by atoms with Crippen LogP contribution in [0.5, 0.6) is 11.5 Å². The van der Waals surface area contributed by atoms with E-state index in [0.717, 1.165) is 21.2 Å². The van der Waals surface area contributed by atoms with Gasteiger partial charge in [0.1, 0.15) is 11.5 Å². The quantitative estimate of drug-likeness (QED) is 0.202. The van der Waals surface area contributed by atoms with Crippen molar-refractivity contribution in [2.24, 2.45) is 0 Å². The van der Waals surface area contributed by atoms with Gasteiger partial charge in [0.2, 0.25) is 5.89 Å². The molecule has 0 aliphatic heterocycles. The molecule has 1 aromatic heterocycles. The van der Waals surface area contributed by atoms with E-state index < -0.39 is 11.9 Å². The molecule has 1 atom stereocenters. The smallest absolute Gasteiger partial charge is 0.442 e. The Morgan fingerprint density at radius 1 is 0.952 bits per heavy atom. The number of carbonyl (C=O) groups excluding carboxylic acids is 1. The molecule has 3 aromatic carbocycles. The van der Waals surface area contributed by atoms with Gasteiger partial charge in [-0.2, -0.15) is 4.68 Å². The van der Waals surface area contributed by atoms with Gasteiger partial charge in [-0.05, 0) is 52.1 Å². The highest BCUT2D eigenvalue weighted by atomic mass is 35.5. The van der Waals surface area contributed by atoms with E-state index in [1.807, 2.05) is 97.9 Å². The van der Waals surface area contributed by atoms with Crippen LogP contribution in [0.4, 0.5) is 0 Å². The molecule has 10 heteroatoms. The standard InChI is InChI=1S/C17H21NO2.C15H18Cl2N2O3/c1-4-18(5-2)17(19)13(3)20-16-12-8-10-14-9-6-7-11-15(14)16;1-8(2)21-12-7-11(9(16)6-10(12)17)19-14(20)22-13(18-19)15(3,4)5/h6-13H,4-5H2,1-3H3;6-8H,1-5H3. The van der Waals surface area contributed by atoms with E-state index in [2.05, 4.69) is 5.10 Å². The first-order chi connectivity index (χ1) is 19.8. The first-order valence-corrected chi connectivity index (χ1v) is 14.7. The van der Waals surface area contributed by atoms with Gasteiger partial charge in [-0.25, -0.2) is 4.79 Å². The number of fused-ring (bicyclic) bond motifs is 1. The van der Waals surface area contributed by atoms with Gasteiger partial charge in [-0.3, -0.25) is 4.79 Å². The molecule has 1 heterocycles. The number of halogens is 2. The van der Waals surface area contributed by atoms with E-state index in [0.29, 0.717) is 35.4 Å². The van der Waals surface area contributed by atoms with Crippen LogP contribution in [0.1, 0.15) is 61.3 Å². The topological polar surface area (TPSA) is 86.8 Å². The van der Waals surface area contributed by atoms with Gasteiger partial charge in [-0.1, -0.05) is 80.4 Å². The summed E-state index contributed by atoms with van der Waals surface area (Å²) in [6.07, 6.45) is -0.536. The second-order valence-corrected chi connectivity index (χ2v) is 11.8. The molecule has 0 bridgehead atoms. The largest absolute Gasteiger partial charge is 0.489 e. The molecule has 4 aromatic rings. The molecule has 42 heavy (non-hydrogen) atoms. The lowest BCUT2D eigenvalue weighted by Gasteiger charge is -2.23. The fourth-order valence-electron chi connectivity index (χ4n) is 4.09. The van der Waals surface area contributed by atoms with E-state index in [1.54, 1.807) is 11.0 Å². The van der Waals surface area contributed by atoms with Crippen molar-refractivity contribution >= 4 is 39.9 Å². The lowest BCUT2D eigenvalue weighted by Crippen LogP contribution is -2.40. The second-order valence-electron chi connectivity index (χ2n) is 11.0. The fraction of sp³-hybridized carbons (Fsp3) is 0.406. The van der Waals surface area contributed by atoms with Crippen molar-refractivity contribution in [2.45, 2.75) is 73.0 Å². The average molecular weight is 617 g/mol. The van der Waals surface area contributed by atoms with Crippen LogP contribution >= 0.6 is 23.2 Å². The summed E-state index contributed by atoms with van der Waals surface area (Å²) in [6.45, 7) is 16.6. The molecule has 4 rings (SSSR count). The fourth-order valence-corrected chi connectivity index (χ4v) is 4.60. The molecule has 226 valence electrons. The zero-order chi connectivity index (χ0) is 31.2. The van der Waals surface area contributed by atoms with Gasteiger partial charge in [0, 0.05) is 30.0 Å². The summed E-state index contributed by atoms with van der Waals surface area (Å²) in [5.41, 5.74) is -0.0217. The summed E-state index contributed by atoms with van der Waals surface area (Å²) in [5, 5.41) is 7.03. The normalized spacial score (nSPS) is 12.1. The van der Waals surface area contributed by atoms with Crippen LogP contribution in [-0.4, -0.2) is 45.9 Å². The highest BCUT2D eigenvalue weighted by Gasteiger charge is 2.24. The zero-order valence-electron chi connectivity index (χ0n) is 25.4. The molecule has 0 aliphatic rings. The van der Waals surface area contributed by atoms with Crippen molar-refractivity contribution in [2.75, 3.05) is 13.1 Å². The first kappa shape index (κ1) is 33.0. The van der Waals surface area contributed by atoms with E-state index in [1.165, 1.54) is 6.07 Å². The summed E-state index contributed by atoms with van der Waals surface area (Å²) >= 11 is 12.3. The van der Waals surface area contributed by atoms with Gasteiger partial charge >= 0.3 is 5.76 Å². The minimum atomic E-state index is -0.607. The molecular weight excluding hydrogens is 577 g/mol. The molecule has 0 saturated carbocycles. The number of rotatable bonds is 8. The van der Waals surface area contributed by atoms with Crippen molar-refractivity contribution in [3.63, 3.8) is 0 Å². The van der Waals surface area contributed by atoms with Crippen molar-refractivity contribution < 1.29 is 18.7 Å². The molecule has 0 fully saturated rings. The van der Waals surface area contributed by atoms with Gasteiger partial charge in [0.25, 0.3) is 5.91 Å². The lowest BCUT2D eigenvalue weighted by molar-refractivity contribution is -0.137. The zero-order valence-corrected chi connectivity index (χ0v) is 26.9. The van der Waals surface area contributed by atoms with E-state index in [9.17, 15) is 9.59 Å². The predicted octanol–water partition coefficient (Wildman–Crippen LogP) is 7.69. The number of hydrogen-bond donors (Lipinski definition) is 0. The highest BCUT2D eigenvalue weighted by Crippen LogP contribution is 2.33. The molecule has 8 nitrogen and oxygen atoms in total. The number of nitrogens with zero attached hydrogens (tertiary/aromatic N) is 3. The lowest BCUT2D eigenvalue weighted by atomic mass is 9.97. The minimum Gasteiger partial charge on any atom is -0.489 e. The Balaban J connectivity index is 0.000000231. The van der Waals surface area contributed by atoms with Crippen LogP contribution in [0.25, 0.3) is 16.5 Å². The van der Waals surface area contributed by atoms with E-state index in [-0.39, 0.29) is 22.4 Å². The SMILES string of the molecule is CC(C)Oc1cc(-n2nc(C(C)(C)C)oc2=O)c(Cl)cc1Cl.CCN(CC)C(=O)C(C)Oc1cccc2ccccc12. The van der Waals surface area contributed by atoms with Gasteiger partial charge in [0.15, 0.2) is 6.10 Å². The monoisotopic (exact) mass is 615 g/mol. The minimum absolute atomic E-state index is 0.0305. The third-order valence-electron chi connectivity index (χ3n) is 6.26. The van der Waals surface area contributed by atoms with Crippen molar-refractivity contribution in [1.82, 2.24) is 14.7 Å². The maximum atomic E-state index is 12.2. The second kappa shape index (κ2) is 14.1. The predicted molar refractivity (Wildman–Crippen MR) is 169 cm³/mol. The maximum absolute atomic E-state index is 12.2. The molecule has 0 radical (unpaired) electrons.